The van der Waals surface area contributed by atoms with Crippen molar-refractivity contribution < 1.29 is 9.59 Å². The maximum absolute atomic E-state index is 12.1. The third-order valence-corrected chi connectivity index (χ3v) is 3.38. The molecule has 0 bridgehead atoms. The average Bonchev–Trinajstić information content (AvgIpc) is 2.46. The number of hydrogen-bond acceptors (Lipinski definition) is 2. The highest BCUT2D eigenvalue weighted by Gasteiger charge is 2.30. The minimum atomic E-state index is -0.468. The average molecular weight is 261 g/mol. The first-order valence-electron chi connectivity index (χ1n) is 6.56. The first-order chi connectivity index (χ1) is 9.18. The zero-order valence-corrected chi connectivity index (χ0v) is 10.8. The number of amides is 3. The normalized spacial score (nSPS) is 18.9. The van der Waals surface area contributed by atoms with Gasteiger partial charge in [0.2, 0.25) is 5.91 Å². The summed E-state index contributed by atoms with van der Waals surface area (Å²) in [6.45, 7) is 1.05. The fourth-order valence-corrected chi connectivity index (χ4v) is 2.35. The van der Waals surface area contributed by atoms with Crippen molar-refractivity contribution in [2.45, 2.75) is 31.8 Å². The van der Waals surface area contributed by atoms with E-state index in [9.17, 15) is 9.59 Å². The zero-order valence-electron chi connectivity index (χ0n) is 10.8. The Morgan fingerprint density at radius 1 is 1.26 bits per heavy atom. The number of nitrogens with two attached hydrogens (primary N) is 1. The van der Waals surface area contributed by atoms with Crippen LogP contribution in [0.1, 0.15) is 24.8 Å². The molecule has 0 aromatic heterocycles. The molecule has 19 heavy (non-hydrogen) atoms. The minimum Gasteiger partial charge on any atom is -0.368 e. The number of benzene rings is 1. The lowest BCUT2D eigenvalue weighted by molar-refractivity contribution is -0.123. The summed E-state index contributed by atoms with van der Waals surface area (Å²) in [5.74, 6) is -0.422. The van der Waals surface area contributed by atoms with Crippen molar-refractivity contribution in [3.8, 4) is 0 Å². The Morgan fingerprint density at radius 2 is 2.00 bits per heavy atom. The Hall–Kier alpha value is -2.04. The van der Waals surface area contributed by atoms with Crippen molar-refractivity contribution in [2.24, 2.45) is 5.73 Å². The summed E-state index contributed by atoms with van der Waals surface area (Å²) in [5.41, 5.74) is 6.37. The molecule has 0 saturated carbocycles. The molecule has 1 heterocycles. The van der Waals surface area contributed by atoms with Gasteiger partial charge in [-0.1, -0.05) is 30.3 Å². The van der Waals surface area contributed by atoms with Gasteiger partial charge in [0, 0.05) is 13.1 Å². The lowest BCUT2D eigenvalue weighted by Gasteiger charge is -2.33. The molecule has 0 aliphatic carbocycles. The number of carbonyl (C=O) groups excluding carboxylic acids is 2. The van der Waals surface area contributed by atoms with Crippen molar-refractivity contribution in [3.05, 3.63) is 35.9 Å². The monoisotopic (exact) mass is 261 g/mol. The second kappa shape index (κ2) is 6.22. The standard InChI is InChI=1S/C14H19N3O2/c15-13(18)12-8-4-5-9-17(12)14(19)16-10-11-6-2-1-3-7-11/h1-3,6-7,12H,4-5,8-10H2,(H2,15,18)(H,16,19). The Kier molecular flexibility index (Phi) is 4.39. The third kappa shape index (κ3) is 3.47. The highest BCUT2D eigenvalue weighted by Crippen LogP contribution is 2.16. The van der Waals surface area contributed by atoms with Crippen LogP contribution in [0.2, 0.25) is 0 Å². The van der Waals surface area contributed by atoms with Crippen molar-refractivity contribution in [1.82, 2.24) is 10.2 Å². The molecule has 0 spiro atoms. The number of nitrogens with one attached hydrogen (secondary N) is 1. The summed E-state index contributed by atoms with van der Waals surface area (Å²) in [5, 5.41) is 2.83. The molecular weight excluding hydrogens is 242 g/mol. The van der Waals surface area contributed by atoms with Crippen LogP contribution in [0.3, 0.4) is 0 Å². The van der Waals surface area contributed by atoms with Gasteiger partial charge in [0.15, 0.2) is 0 Å². The van der Waals surface area contributed by atoms with E-state index >= 15 is 0 Å². The van der Waals surface area contributed by atoms with Crippen LogP contribution in [-0.2, 0) is 11.3 Å². The molecule has 1 aromatic carbocycles. The molecule has 1 atom stereocenters. The molecule has 1 unspecified atom stereocenters. The van der Waals surface area contributed by atoms with Crippen LogP contribution in [0.15, 0.2) is 30.3 Å². The summed E-state index contributed by atoms with van der Waals surface area (Å²) < 4.78 is 0. The lowest BCUT2D eigenvalue weighted by atomic mass is 10.0. The highest BCUT2D eigenvalue weighted by atomic mass is 16.2. The smallest absolute Gasteiger partial charge is 0.318 e. The Balaban J connectivity index is 1.93. The molecule has 1 fully saturated rings. The molecule has 1 saturated heterocycles. The fraction of sp³-hybridized carbons (Fsp3) is 0.429. The largest absolute Gasteiger partial charge is 0.368 e. The summed E-state index contributed by atoms with van der Waals surface area (Å²) in [6.07, 6.45) is 2.52. The number of hydrogen-bond donors (Lipinski definition) is 2. The SMILES string of the molecule is NC(=O)C1CCCCN1C(=O)NCc1ccccc1. The van der Waals surface area contributed by atoms with Crippen LogP contribution in [0.25, 0.3) is 0 Å². The van der Waals surface area contributed by atoms with E-state index in [1.54, 1.807) is 4.90 Å². The predicted octanol–water partition coefficient (Wildman–Crippen LogP) is 1.24. The molecule has 1 aromatic rings. The highest BCUT2D eigenvalue weighted by molar-refractivity contribution is 5.86. The van der Waals surface area contributed by atoms with Gasteiger partial charge in [-0.25, -0.2) is 4.79 Å². The quantitative estimate of drug-likeness (QED) is 0.858. The van der Waals surface area contributed by atoms with E-state index in [4.69, 9.17) is 5.73 Å². The van der Waals surface area contributed by atoms with E-state index in [1.165, 1.54) is 0 Å². The van der Waals surface area contributed by atoms with Crippen LogP contribution in [0.5, 0.6) is 0 Å². The molecule has 5 heteroatoms. The molecule has 3 N–H and O–H groups in total. The van der Waals surface area contributed by atoms with Crippen molar-refractivity contribution in [3.63, 3.8) is 0 Å². The van der Waals surface area contributed by atoms with Gasteiger partial charge in [0.05, 0.1) is 0 Å². The molecular formula is C14H19N3O2. The van der Waals surface area contributed by atoms with Gasteiger partial charge in [-0.3, -0.25) is 4.79 Å². The number of rotatable bonds is 3. The summed E-state index contributed by atoms with van der Waals surface area (Å²) in [4.78, 5) is 25.0. The van der Waals surface area contributed by atoms with E-state index in [0.717, 1.165) is 18.4 Å². The number of primary amides is 1. The molecule has 5 nitrogen and oxygen atoms in total. The van der Waals surface area contributed by atoms with E-state index in [1.807, 2.05) is 30.3 Å². The molecule has 2 rings (SSSR count). The van der Waals surface area contributed by atoms with Gasteiger partial charge >= 0.3 is 6.03 Å². The molecule has 1 aliphatic heterocycles. The molecule has 1 aliphatic rings. The van der Waals surface area contributed by atoms with Crippen LogP contribution in [0.4, 0.5) is 4.79 Å². The van der Waals surface area contributed by atoms with Crippen molar-refractivity contribution >= 4 is 11.9 Å². The minimum absolute atomic E-state index is 0.215. The van der Waals surface area contributed by atoms with E-state index in [0.29, 0.717) is 19.5 Å². The predicted molar refractivity (Wildman–Crippen MR) is 72.2 cm³/mol. The third-order valence-electron chi connectivity index (χ3n) is 3.38. The van der Waals surface area contributed by atoms with Crippen LogP contribution >= 0.6 is 0 Å². The Bertz CT molecular complexity index is 447. The van der Waals surface area contributed by atoms with E-state index < -0.39 is 11.9 Å². The summed E-state index contributed by atoms with van der Waals surface area (Å²) in [6, 6.07) is 8.99. The van der Waals surface area contributed by atoms with Gasteiger partial charge < -0.3 is 16.0 Å². The van der Waals surface area contributed by atoms with Crippen molar-refractivity contribution in [1.29, 1.82) is 0 Å². The molecule has 102 valence electrons. The van der Waals surface area contributed by atoms with Gasteiger partial charge in [0.25, 0.3) is 0 Å². The van der Waals surface area contributed by atoms with Gasteiger partial charge in [-0.15, -0.1) is 0 Å². The first kappa shape index (κ1) is 13.4. The number of likely N-dealkylation sites (tertiary alicyclic amines) is 1. The number of piperidine rings is 1. The number of nitrogens with zero attached hydrogens (tertiary/aromatic N) is 1. The maximum atomic E-state index is 12.1. The van der Waals surface area contributed by atoms with Gasteiger partial charge in [0.1, 0.15) is 6.04 Å². The summed E-state index contributed by atoms with van der Waals surface area (Å²) >= 11 is 0. The van der Waals surface area contributed by atoms with Gasteiger partial charge in [-0.05, 0) is 24.8 Å². The Morgan fingerprint density at radius 3 is 2.68 bits per heavy atom. The van der Waals surface area contributed by atoms with Crippen molar-refractivity contribution in [2.75, 3.05) is 6.54 Å². The van der Waals surface area contributed by atoms with Crippen LogP contribution < -0.4 is 11.1 Å². The Labute approximate surface area is 112 Å². The topological polar surface area (TPSA) is 75.4 Å². The van der Waals surface area contributed by atoms with E-state index in [2.05, 4.69) is 5.32 Å². The zero-order chi connectivity index (χ0) is 13.7. The number of urea groups is 1. The second-order valence-electron chi connectivity index (χ2n) is 4.75. The fourth-order valence-electron chi connectivity index (χ4n) is 2.35. The molecule has 0 radical (unpaired) electrons. The lowest BCUT2D eigenvalue weighted by Crippen LogP contribution is -2.53. The van der Waals surface area contributed by atoms with Crippen LogP contribution in [-0.4, -0.2) is 29.4 Å². The maximum Gasteiger partial charge on any atom is 0.318 e. The second-order valence-corrected chi connectivity index (χ2v) is 4.75. The molecule has 3 amide bonds. The summed E-state index contributed by atoms with van der Waals surface area (Å²) in [7, 11) is 0. The van der Waals surface area contributed by atoms with Crippen LogP contribution in [0, 0.1) is 0 Å². The number of carbonyl (C=O) groups is 2. The first-order valence-corrected chi connectivity index (χ1v) is 6.56. The van der Waals surface area contributed by atoms with Gasteiger partial charge in [-0.2, -0.15) is 0 Å². The van der Waals surface area contributed by atoms with E-state index in [-0.39, 0.29) is 6.03 Å².